The summed E-state index contributed by atoms with van der Waals surface area (Å²) in [5, 5.41) is 0. The van der Waals surface area contributed by atoms with Crippen molar-refractivity contribution in [3.05, 3.63) is 59.2 Å². The van der Waals surface area contributed by atoms with Gasteiger partial charge < -0.3 is 4.90 Å². The Hall–Kier alpha value is -2.23. The number of allylic oxidation sites excluding steroid dienone is 5. The molecule has 2 saturated carbocycles. The van der Waals surface area contributed by atoms with Crippen LogP contribution in [0, 0.1) is 34.4 Å². The lowest BCUT2D eigenvalue weighted by Crippen LogP contribution is -2.48. The highest BCUT2D eigenvalue weighted by molar-refractivity contribution is 5.89. The second-order valence-electron chi connectivity index (χ2n) is 10.3. The highest BCUT2D eigenvalue weighted by Crippen LogP contribution is 2.65. The molecule has 5 rings (SSSR count). The van der Waals surface area contributed by atoms with Crippen molar-refractivity contribution in [1.29, 1.82) is 0 Å². The number of pyridine rings is 1. The molecule has 5 unspecified atom stereocenters. The number of nitrogens with zero attached hydrogens (tertiary/aromatic N) is 2. The van der Waals surface area contributed by atoms with Crippen molar-refractivity contribution in [2.24, 2.45) is 28.6 Å². The Bertz CT molecular complexity index is 1010. The predicted octanol–water partition coefficient (Wildman–Crippen LogP) is 5.41. The Kier molecular flexibility index (Phi) is 4.36. The molecule has 2 heterocycles. The SMILES string of the molecule is CC1CC2C3=CC=C(c4cncc(F)c4)C3(C)CCC2C2(C)CCN(C)C(=O)C=C12. The molecule has 1 aromatic rings. The molecule has 1 amide bonds. The van der Waals surface area contributed by atoms with E-state index in [1.165, 1.54) is 22.9 Å². The van der Waals surface area contributed by atoms with Crippen molar-refractivity contribution in [1.82, 2.24) is 9.88 Å². The molecule has 158 valence electrons. The fourth-order valence-electron chi connectivity index (χ4n) is 7.07. The number of carbonyl (C=O) groups excluding carboxylic acids is 1. The third-order valence-corrected chi connectivity index (χ3v) is 8.76. The van der Waals surface area contributed by atoms with Crippen LogP contribution in [-0.4, -0.2) is 29.4 Å². The average Bonchev–Trinajstić information content (AvgIpc) is 3.01. The predicted molar refractivity (Wildman–Crippen MR) is 117 cm³/mol. The Morgan fingerprint density at radius 2 is 1.97 bits per heavy atom. The van der Waals surface area contributed by atoms with Crippen molar-refractivity contribution in [3.63, 3.8) is 0 Å². The minimum Gasteiger partial charge on any atom is -0.342 e. The highest BCUT2D eigenvalue weighted by Gasteiger charge is 2.55. The lowest BCUT2D eigenvalue weighted by molar-refractivity contribution is -0.124. The first kappa shape index (κ1) is 19.7. The number of carbonyl (C=O) groups is 1. The zero-order valence-electron chi connectivity index (χ0n) is 18.4. The van der Waals surface area contributed by atoms with Crippen molar-refractivity contribution < 1.29 is 9.18 Å². The summed E-state index contributed by atoms with van der Waals surface area (Å²) in [4.78, 5) is 18.5. The van der Waals surface area contributed by atoms with Crippen molar-refractivity contribution in [2.45, 2.75) is 46.5 Å². The van der Waals surface area contributed by atoms with Gasteiger partial charge in [0.25, 0.3) is 0 Å². The molecule has 0 spiro atoms. The van der Waals surface area contributed by atoms with Gasteiger partial charge in [0.15, 0.2) is 0 Å². The Labute approximate surface area is 178 Å². The van der Waals surface area contributed by atoms with Crippen LogP contribution in [0.2, 0.25) is 0 Å². The number of hydrogen-bond acceptors (Lipinski definition) is 2. The lowest BCUT2D eigenvalue weighted by atomic mass is 9.47. The van der Waals surface area contributed by atoms with Gasteiger partial charge in [-0.25, -0.2) is 4.39 Å². The molecule has 0 saturated heterocycles. The molecule has 4 heteroatoms. The van der Waals surface area contributed by atoms with Gasteiger partial charge in [-0.15, -0.1) is 0 Å². The maximum absolute atomic E-state index is 13.9. The Balaban J connectivity index is 1.52. The summed E-state index contributed by atoms with van der Waals surface area (Å²) < 4.78 is 13.9. The summed E-state index contributed by atoms with van der Waals surface area (Å²) in [7, 11) is 1.92. The van der Waals surface area contributed by atoms with Crippen molar-refractivity contribution in [3.8, 4) is 0 Å². The van der Waals surface area contributed by atoms with Crippen molar-refractivity contribution >= 4 is 11.5 Å². The second-order valence-corrected chi connectivity index (χ2v) is 10.3. The molecule has 4 aliphatic rings. The molecule has 0 radical (unpaired) electrons. The maximum atomic E-state index is 13.9. The van der Waals surface area contributed by atoms with Crippen LogP contribution in [0.4, 0.5) is 4.39 Å². The van der Waals surface area contributed by atoms with Gasteiger partial charge in [-0.2, -0.15) is 0 Å². The van der Waals surface area contributed by atoms with Crippen LogP contribution < -0.4 is 0 Å². The molecule has 5 atom stereocenters. The van der Waals surface area contributed by atoms with E-state index in [9.17, 15) is 9.18 Å². The molecule has 0 bridgehead atoms. The van der Waals surface area contributed by atoms with Crippen LogP contribution in [0.25, 0.3) is 5.57 Å². The van der Waals surface area contributed by atoms with E-state index in [1.807, 2.05) is 18.0 Å². The summed E-state index contributed by atoms with van der Waals surface area (Å²) in [6.07, 6.45) is 13.9. The maximum Gasteiger partial charge on any atom is 0.246 e. The van der Waals surface area contributed by atoms with Crippen molar-refractivity contribution in [2.75, 3.05) is 13.6 Å². The van der Waals surface area contributed by atoms with Gasteiger partial charge in [0.05, 0.1) is 6.20 Å². The molecule has 2 fully saturated rings. The zero-order valence-corrected chi connectivity index (χ0v) is 18.4. The van der Waals surface area contributed by atoms with Crippen LogP contribution in [0.1, 0.15) is 52.0 Å². The summed E-state index contributed by atoms with van der Waals surface area (Å²) >= 11 is 0. The first-order chi connectivity index (χ1) is 14.2. The highest BCUT2D eigenvalue weighted by atomic mass is 19.1. The molecular formula is C26H31FN2O. The molecule has 1 aromatic heterocycles. The quantitative estimate of drug-likeness (QED) is 0.625. The van der Waals surface area contributed by atoms with Gasteiger partial charge in [0.1, 0.15) is 5.82 Å². The molecule has 0 N–H and O–H groups in total. The number of fused-ring (bicyclic) bond motifs is 5. The number of rotatable bonds is 1. The van der Waals surface area contributed by atoms with E-state index in [2.05, 4.69) is 37.9 Å². The molecule has 30 heavy (non-hydrogen) atoms. The molecule has 3 nitrogen and oxygen atoms in total. The van der Waals surface area contributed by atoms with Gasteiger partial charge in [-0.05, 0) is 66.1 Å². The fourth-order valence-corrected chi connectivity index (χ4v) is 7.07. The van der Waals surface area contributed by atoms with E-state index in [1.54, 1.807) is 12.3 Å². The van der Waals surface area contributed by atoms with E-state index in [0.717, 1.165) is 37.8 Å². The smallest absolute Gasteiger partial charge is 0.246 e. The number of hydrogen-bond donors (Lipinski definition) is 0. The van der Waals surface area contributed by atoms with Crippen LogP contribution in [0.3, 0.4) is 0 Å². The van der Waals surface area contributed by atoms with Gasteiger partial charge in [0.2, 0.25) is 5.91 Å². The fraction of sp³-hybridized carbons (Fsp3) is 0.538. The Morgan fingerprint density at radius 3 is 2.73 bits per heavy atom. The van der Waals surface area contributed by atoms with Crippen LogP contribution >= 0.6 is 0 Å². The standard InChI is InChI=1S/C26H31FN2O/c1-16-11-19-21-6-5-20(17-12-18(27)15-28-14-17)25(21,2)8-7-22(19)26(3)9-10-29(4)24(30)13-23(16)26/h5-6,12-16,19,22H,7-11H2,1-4H3. The van der Waals surface area contributed by atoms with E-state index in [-0.39, 0.29) is 22.6 Å². The average molecular weight is 407 g/mol. The molecule has 0 aromatic carbocycles. The van der Waals surface area contributed by atoms with Crippen LogP contribution in [0.5, 0.6) is 0 Å². The largest absolute Gasteiger partial charge is 0.342 e. The summed E-state index contributed by atoms with van der Waals surface area (Å²) in [6.45, 7) is 7.86. The summed E-state index contributed by atoms with van der Waals surface area (Å²) in [5.41, 5.74) is 4.99. The number of amides is 1. The molecule has 1 aliphatic heterocycles. The monoisotopic (exact) mass is 406 g/mol. The van der Waals surface area contributed by atoms with Gasteiger partial charge in [-0.1, -0.05) is 44.1 Å². The van der Waals surface area contributed by atoms with Gasteiger partial charge >= 0.3 is 0 Å². The van der Waals surface area contributed by atoms with Crippen LogP contribution in [-0.2, 0) is 4.79 Å². The first-order valence-electron chi connectivity index (χ1n) is 11.2. The molecular weight excluding hydrogens is 375 g/mol. The first-order valence-corrected chi connectivity index (χ1v) is 11.2. The zero-order chi connectivity index (χ0) is 21.3. The third-order valence-electron chi connectivity index (χ3n) is 8.76. The van der Waals surface area contributed by atoms with Gasteiger partial charge in [0, 0.05) is 31.3 Å². The summed E-state index contributed by atoms with van der Waals surface area (Å²) in [6, 6.07) is 1.62. The topological polar surface area (TPSA) is 33.2 Å². The van der Waals surface area contributed by atoms with E-state index in [0.29, 0.717) is 17.8 Å². The van der Waals surface area contributed by atoms with E-state index in [4.69, 9.17) is 0 Å². The lowest BCUT2D eigenvalue weighted by Gasteiger charge is -2.56. The van der Waals surface area contributed by atoms with E-state index < -0.39 is 0 Å². The summed E-state index contributed by atoms with van der Waals surface area (Å²) in [5.74, 6) is 1.34. The van der Waals surface area contributed by atoms with Crippen LogP contribution in [0.15, 0.2) is 47.8 Å². The number of likely N-dealkylation sites (N-methyl/N-ethyl adjacent to an activating group) is 1. The number of halogens is 1. The van der Waals surface area contributed by atoms with Gasteiger partial charge in [-0.3, -0.25) is 9.78 Å². The minimum absolute atomic E-state index is 0.0503. The van der Waals surface area contributed by atoms with E-state index >= 15 is 0 Å². The normalized spacial score (nSPS) is 38.0. The Morgan fingerprint density at radius 1 is 1.17 bits per heavy atom. The molecule has 3 aliphatic carbocycles. The third kappa shape index (κ3) is 2.68. The second kappa shape index (κ2) is 6.63. The number of aromatic nitrogens is 1. The minimum atomic E-state index is -0.278.